The Morgan fingerprint density at radius 1 is 1.56 bits per heavy atom. The summed E-state index contributed by atoms with van der Waals surface area (Å²) >= 11 is 0. The predicted octanol–water partition coefficient (Wildman–Crippen LogP) is 1.40. The van der Waals surface area contributed by atoms with E-state index in [1.807, 2.05) is 6.92 Å². The van der Waals surface area contributed by atoms with E-state index in [9.17, 15) is 14.7 Å². The number of benzene rings is 1. The number of hydrogen-bond donors (Lipinski definition) is 1. The first kappa shape index (κ1) is 12.4. The molecule has 4 nitrogen and oxygen atoms in total. The third-order valence-electron chi connectivity index (χ3n) is 2.17. The number of esters is 1. The summed E-state index contributed by atoms with van der Waals surface area (Å²) in [5.41, 5.74) is 1.47. The summed E-state index contributed by atoms with van der Waals surface area (Å²) in [6.07, 6.45) is -0.786. The maximum absolute atomic E-state index is 11.3. The topological polar surface area (TPSA) is 63.6 Å². The van der Waals surface area contributed by atoms with Crippen LogP contribution in [0.3, 0.4) is 0 Å². The van der Waals surface area contributed by atoms with E-state index in [-0.39, 0.29) is 12.2 Å². The molecule has 1 rings (SSSR count). The van der Waals surface area contributed by atoms with Gasteiger partial charge in [-0.1, -0.05) is 17.7 Å². The van der Waals surface area contributed by atoms with Gasteiger partial charge in [0.25, 0.3) is 0 Å². The SMILES string of the molecule is CCOC(=O)C(O)c1ccc(C)cc1C=O. The van der Waals surface area contributed by atoms with E-state index in [0.29, 0.717) is 11.8 Å². The molecule has 0 fully saturated rings. The molecule has 0 bridgehead atoms. The van der Waals surface area contributed by atoms with Crippen molar-refractivity contribution >= 4 is 12.3 Å². The standard InChI is InChI=1S/C12H14O4/c1-3-16-12(15)11(14)10-5-4-8(2)6-9(10)7-13/h4-7,11,14H,3H2,1-2H3. The van der Waals surface area contributed by atoms with Crippen molar-refractivity contribution in [3.63, 3.8) is 0 Å². The summed E-state index contributed by atoms with van der Waals surface area (Å²) < 4.78 is 4.68. The van der Waals surface area contributed by atoms with Crippen LogP contribution in [-0.4, -0.2) is 24.0 Å². The lowest BCUT2D eigenvalue weighted by atomic mass is 10.0. The van der Waals surface area contributed by atoms with Gasteiger partial charge in [-0.25, -0.2) is 4.79 Å². The number of carbonyl (C=O) groups excluding carboxylic acids is 2. The largest absolute Gasteiger partial charge is 0.464 e. The Balaban J connectivity index is 3.03. The third-order valence-corrected chi connectivity index (χ3v) is 2.17. The van der Waals surface area contributed by atoms with Crippen LogP contribution in [0.1, 0.15) is 34.5 Å². The normalized spacial score (nSPS) is 11.9. The van der Waals surface area contributed by atoms with Crippen molar-refractivity contribution in [2.45, 2.75) is 20.0 Å². The molecule has 4 heteroatoms. The molecule has 1 unspecified atom stereocenters. The maximum atomic E-state index is 11.3. The van der Waals surface area contributed by atoms with Gasteiger partial charge in [-0.2, -0.15) is 0 Å². The van der Waals surface area contributed by atoms with E-state index < -0.39 is 12.1 Å². The zero-order valence-electron chi connectivity index (χ0n) is 9.27. The number of aryl methyl sites for hydroxylation is 1. The van der Waals surface area contributed by atoms with Crippen molar-refractivity contribution in [3.8, 4) is 0 Å². The van der Waals surface area contributed by atoms with Crippen LogP contribution >= 0.6 is 0 Å². The molecular weight excluding hydrogens is 208 g/mol. The van der Waals surface area contributed by atoms with Gasteiger partial charge >= 0.3 is 5.97 Å². The summed E-state index contributed by atoms with van der Waals surface area (Å²) in [7, 11) is 0. The van der Waals surface area contributed by atoms with Crippen molar-refractivity contribution in [1.29, 1.82) is 0 Å². The molecule has 1 aromatic rings. The third kappa shape index (κ3) is 2.67. The lowest BCUT2D eigenvalue weighted by Gasteiger charge is -2.12. The first-order valence-corrected chi connectivity index (χ1v) is 5.00. The molecule has 0 saturated carbocycles. The van der Waals surface area contributed by atoms with Gasteiger partial charge in [0.1, 0.15) is 6.29 Å². The molecule has 0 spiro atoms. The molecule has 16 heavy (non-hydrogen) atoms. The first-order valence-electron chi connectivity index (χ1n) is 5.00. The van der Waals surface area contributed by atoms with Gasteiger partial charge in [-0.3, -0.25) is 4.79 Å². The molecule has 0 heterocycles. The van der Waals surface area contributed by atoms with Crippen LogP contribution in [0, 0.1) is 6.92 Å². The molecule has 0 saturated heterocycles. The highest BCUT2D eigenvalue weighted by Gasteiger charge is 2.21. The van der Waals surface area contributed by atoms with Gasteiger partial charge in [0.2, 0.25) is 0 Å². The predicted molar refractivity (Wildman–Crippen MR) is 58.2 cm³/mol. The second kappa shape index (κ2) is 5.42. The molecule has 0 aliphatic carbocycles. The number of ether oxygens (including phenoxy) is 1. The van der Waals surface area contributed by atoms with Crippen LogP contribution < -0.4 is 0 Å². The fourth-order valence-corrected chi connectivity index (χ4v) is 1.39. The highest BCUT2D eigenvalue weighted by atomic mass is 16.5. The highest BCUT2D eigenvalue weighted by Crippen LogP contribution is 2.19. The van der Waals surface area contributed by atoms with E-state index in [0.717, 1.165) is 5.56 Å². The van der Waals surface area contributed by atoms with Crippen molar-refractivity contribution in [3.05, 3.63) is 34.9 Å². The smallest absolute Gasteiger partial charge is 0.339 e. The molecule has 0 amide bonds. The summed E-state index contributed by atoms with van der Waals surface area (Å²) in [6, 6.07) is 4.90. The minimum atomic E-state index is -1.40. The van der Waals surface area contributed by atoms with E-state index in [2.05, 4.69) is 4.74 Å². The lowest BCUT2D eigenvalue weighted by molar-refractivity contribution is -0.153. The van der Waals surface area contributed by atoms with E-state index in [1.165, 1.54) is 0 Å². The number of aldehydes is 1. The minimum absolute atomic E-state index is 0.193. The van der Waals surface area contributed by atoms with Crippen molar-refractivity contribution < 1.29 is 19.4 Å². The first-order chi connectivity index (χ1) is 7.60. The van der Waals surface area contributed by atoms with E-state index in [1.54, 1.807) is 25.1 Å². The molecule has 0 aromatic heterocycles. The molecule has 0 aliphatic heterocycles. The zero-order chi connectivity index (χ0) is 12.1. The van der Waals surface area contributed by atoms with Crippen molar-refractivity contribution in [2.75, 3.05) is 6.61 Å². The second-order valence-corrected chi connectivity index (χ2v) is 3.40. The van der Waals surface area contributed by atoms with E-state index in [4.69, 9.17) is 0 Å². The molecule has 0 radical (unpaired) electrons. The van der Waals surface area contributed by atoms with Gasteiger partial charge in [-0.15, -0.1) is 0 Å². The minimum Gasteiger partial charge on any atom is -0.464 e. The Bertz CT molecular complexity index is 398. The molecule has 0 aliphatic rings. The van der Waals surface area contributed by atoms with Crippen molar-refractivity contribution in [2.24, 2.45) is 0 Å². The Kier molecular flexibility index (Phi) is 4.19. The zero-order valence-corrected chi connectivity index (χ0v) is 9.27. The van der Waals surface area contributed by atoms with Crippen LogP contribution in [0.5, 0.6) is 0 Å². The van der Waals surface area contributed by atoms with Crippen LogP contribution in [0.15, 0.2) is 18.2 Å². The van der Waals surface area contributed by atoms with Crippen LogP contribution in [-0.2, 0) is 9.53 Å². The number of aliphatic hydroxyl groups excluding tert-OH is 1. The van der Waals surface area contributed by atoms with E-state index >= 15 is 0 Å². The number of hydrogen-bond acceptors (Lipinski definition) is 4. The van der Waals surface area contributed by atoms with Gasteiger partial charge in [-0.05, 0) is 19.9 Å². The second-order valence-electron chi connectivity index (χ2n) is 3.40. The number of rotatable bonds is 4. The van der Waals surface area contributed by atoms with Crippen LogP contribution in [0.25, 0.3) is 0 Å². The number of carbonyl (C=O) groups is 2. The highest BCUT2D eigenvalue weighted by molar-refractivity contribution is 5.84. The lowest BCUT2D eigenvalue weighted by Crippen LogP contribution is -2.16. The molecule has 1 aromatic carbocycles. The Labute approximate surface area is 93.9 Å². The van der Waals surface area contributed by atoms with Gasteiger partial charge < -0.3 is 9.84 Å². The van der Waals surface area contributed by atoms with Gasteiger partial charge in [0.05, 0.1) is 6.61 Å². The Hall–Kier alpha value is -1.68. The van der Waals surface area contributed by atoms with Gasteiger partial charge in [0.15, 0.2) is 6.10 Å². The van der Waals surface area contributed by atoms with Crippen LogP contribution in [0.2, 0.25) is 0 Å². The summed E-state index contributed by atoms with van der Waals surface area (Å²) in [5, 5.41) is 9.69. The fraction of sp³-hybridized carbons (Fsp3) is 0.333. The average Bonchev–Trinajstić information content (AvgIpc) is 2.28. The summed E-state index contributed by atoms with van der Waals surface area (Å²) in [5.74, 6) is -0.741. The van der Waals surface area contributed by atoms with Crippen molar-refractivity contribution in [1.82, 2.24) is 0 Å². The monoisotopic (exact) mass is 222 g/mol. The van der Waals surface area contributed by atoms with Crippen LogP contribution in [0.4, 0.5) is 0 Å². The quantitative estimate of drug-likeness (QED) is 0.618. The molecule has 1 atom stereocenters. The fourth-order valence-electron chi connectivity index (χ4n) is 1.39. The number of aliphatic hydroxyl groups is 1. The maximum Gasteiger partial charge on any atom is 0.339 e. The molecule has 1 N–H and O–H groups in total. The Morgan fingerprint density at radius 3 is 2.81 bits per heavy atom. The molecular formula is C12H14O4. The average molecular weight is 222 g/mol. The molecule has 86 valence electrons. The Morgan fingerprint density at radius 2 is 2.25 bits per heavy atom. The summed E-state index contributed by atoms with van der Waals surface area (Å²) in [4.78, 5) is 22.1. The van der Waals surface area contributed by atoms with Gasteiger partial charge in [0, 0.05) is 11.1 Å². The summed E-state index contributed by atoms with van der Waals surface area (Å²) in [6.45, 7) is 3.67.